The summed E-state index contributed by atoms with van der Waals surface area (Å²) in [4.78, 5) is 2.62. The number of hydrogen-bond donors (Lipinski definition) is 0. The summed E-state index contributed by atoms with van der Waals surface area (Å²) in [7, 11) is 0. The predicted octanol–water partition coefficient (Wildman–Crippen LogP) is 5.83. The zero-order valence-corrected chi connectivity index (χ0v) is 14.1. The van der Waals surface area contributed by atoms with Gasteiger partial charge in [0.05, 0.1) is 17.4 Å². The van der Waals surface area contributed by atoms with E-state index in [9.17, 15) is 0 Å². The van der Waals surface area contributed by atoms with E-state index in [1.807, 2.05) is 6.07 Å². The number of benzene rings is 1. The van der Waals surface area contributed by atoms with Gasteiger partial charge in [0, 0.05) is 16.2 Å². The lowest BCUT2D eigenvalue weighted by Crippen LogP contribution is -2.17. The Bertz CT molecular complexity index is 802. The smallest absolute Gasteiger partial charge is 0.0923 e. The van der Waals surface area contributed by atoms with Crippen LogP contribution in [0.3, 0.4) is 0 Å². The first-order valence-corrected chi connectivity index (χ1v) is 9.33. The van der Waals surface area contributed by atoms with Crippen molar-refractivity contribution in [3.8, 4) is 0 Å². The highest BCUT2D eigenvalue weighted by Crippen LogP contribution is 2.37. The first kappa shape index (κ1) is 14.4. The molecular formula is C19H16N2S2. The number of nitrogens with zero attached hydrogens (tertiary/aromatic N) is 2. The molecule has 0 amide bonds. The van der Waals surface area contributed by atoms with Gasteiger partial charge >= 0.3 is 0 Å². The average molecular weight is 336 g/mol. The van der Waals surface area contributed by atoms with Crippen LogP contribution in [0.5, 0.6) is 0 Å². The second kappa shape index (κ2) is 6.52. The normalized spacial score (nSPS) is 17.8. The Kier molecular flexibility index (Phi) is 4.09. The van der Waals surface area contributed by atoms with Crippen LogP contribution in [0.4, 0.5) is 5.69 Å². The summed E-state index contributed by atoms with van der Waals surface area (Å²) in [5.41, 5.74) is 2.27. The zero-order chi connectivity index (χ0) is 15.5. The fourth-order valence-electron chi connectivity index (χ4n) is 2.72. The lowest BCUT2D eigenvalue weighted by Gasteiger charge is -2.22. The third kappa shape index (κ3) is 3.14. The van der Waals surface area contributed by atoms with Crippen LogP contribution < -0.4 is 5.01 Å². The fraction of sp³-hybridized carbons (Fsp3) is 0.105. The van der Waals surface area contributed by atoms with Crippen LogP contribution in [0.1, 0.15) is 22.2 Å². The van der Waals surface area contributed by atoms with Gasteiger partial charge in [0.25, 0.3) is 0 Å². The van der Waals surface area contributed by atoms with Crippen molar-refractivity contribution in [2.24, 2.45) is 5.10 Å². The molecule has 1 atom stereocenters. The summed E-state index contributed by atoms with van der Waals surface area (Å²) in [6, 6.07) is 19.2. The highest BCUT2D eigenvalue weighted by atomic mass is 32.1. The zero-order valence-electron chi connectivity index (χ0n) is 12.5. The molecule has 0 unspecified atom stereocenters. The molecule has 3 aromatic rings. The van der Waals surface area contributed by atoms with E-state index in [0.717, 1.165) is 17.8 Å². The molecule has 0 saturated heterocycles. The minimum absolute atomic E-state index is 0.292. The van der Waals surface area contributed by atoms with E-state index in [1.165, 1.54) is 9.75 Å². The highest BCUT2D eigenvalue weighted by Gasteiger charge is 2.28. The van der Waals surface area contributed by atoms with Crippen molar-refractivity contribution >= 4 is 40.1 Å². The van der Waals surface area contributed by atoms with Gasteiger partial charge in [-0.2, -0.15) is 5.10 Å². The first-order valence-electron chi connectivity index (χ1n) is 7.57. The molecule has 0 fully saturated rings. The summed E-state index contributed by atoms with van der Waals surface area (Å²) >= 11 is 3.55. The minimum Gasteiger partial charge on any atom is -0.257 e. The van der Waals surface area contributed by atoms with Crippen LogP contribution in [0.2, 0.25) is 0 Å². The van der Waals surface area contributed by atoms with Crippen molar-refractivity contribution in [1.82, 2.24) is 0 Å². The molecule has 2 nitrogen and oxygen atoms in total. The molecule has 1 aromatic carbocycles. The Hall–Kier alpha value is -2.17. The van der Waals surface area contributed by atoms with E-state index >= 15 is 0 Å². The Morgan fingerprint density at radius 3 is 2.48 bits per heavy atom. The van der Waals surface area contributed by atoms with E-state index in [2.05, 4.69) is 76.5 Å². The summed E-state index contributed by atoms with van der Waals surface area (Å²) in [6.45, 7) is 0. The van der Waals surface area contributed by atoms with E-state index in [0.29, 0.717) is 6.04 Å². The predicted molar refractivity (Wildman–Crippen MR) is 101 cm³/mol. The maximum Gasteiger partial charge on any atom is 0.0923 e. The second-order valence-corrected chi connectivity index (χ2v) is 7.31. The van der Waals surface area contributed by atoms with Gasteiger partial charge in [-0.1, -0.05) is 30.3 Å². The van der Waals surface area contributed by atoms with Gasteiger partial charge in [0.2, 0.25) is 0 Å². The number of para-hydroxylation sites is 1. The Morgan fingerprint density at radius 1 is 0.913 bits per heavy atom. The van der Waals surface area contributed by atoms with Gasteiger partial charge in [-0.3, -0.25) is 5.01 Å². The van der Waals surface area contributed by atoms with Crippen molar-refractivity contribution in [2.45, 2.75) is 12.5 Å². The quantitative estimate of drug-likeness (QED) is 0.585. The van der Waals surface area contributed by atoms with Crippen LogP contribution in [-0.4, -0.2) is 5.71 Å². The topological polar surface area (TPSA) is 15.6 Å². The van der Waals surface area contributed by atoms with Gasteiger partial charge in [-0.15, -0.1) is 22.7 Å². The van der Waals surface area contributed by atoms with Crippen molar-refractivity contribution < 1.29 is 0 Å². The van der Waals surface area contributed by atoms with E-state index in [-0.39, 0.29) is 0 Å². The lowest BCUT2D eigenvalue weighted by molar-refractivity contribution is 0.722. The lowest BCUT2D eigenvalue weighted by atomic mass is 10.1. The van der Waals surface area contributed by atoms with Crippen LogP contribution in [0.15, 0.2) is 76.5 Å². The average Bonchev–Trinajstić information content (AvgIpc) is 3.33. The largest absolute Gasteiger partial charge is 0.257 e. The van der Waals surface area contributed by atoms with E-state index in [1.54, 1.807) is 22.7 Å². The summed E-state index contributed by atoms with van der Waals surface area (Å²) < 4.78 is 0. The molecule has 4 rings (SSSR count). The monoisotopic (exact) mass is 336 g/mol. The van der Waals surface area contributed by atoms with Gasteiger partial charge in [0.1, 0.15) is 0 Å². The summed E-state index contributed by atoms with van der Waals surface area (Å²) in [5, 5.41) is 11.3. The van der Waals surface area contributed by atoms with Crippen molar-refractivity contribution in [3.05, 3.63) is 81.2 Å². The highest BCUT2D eigenvalue weighted by molar-refractivity contribution is 7.10. The SMILES string of the molecule is C(=Cc1cccs1)C1=NN(c2ccccc2)[C@H](c2cccs2)C1. The molecule has 4 heteroatoms. The molecule has 1 aliphatic rings. The van der Waals surface area contributed by atoms with Crippen LogP contribution >= 0.6 is 22.7 Å². The Labute approximate surface area is 144 Å². The maximum absolute atomic E-state index is 4.87. The molecule has 0 N–H and O–H groups in total. The maximum atomic E-state index is 4.87. The molecule has 0 spiro atoms. The van der Waals surface area contributed by atoms with Crippen molar-refractivity contribution in [1.29, 1.82) is 0 Å². The van der Waals surface area contributed by atoms with Crippen LogP contribution in [0, 0.1) is 0 Å². The third-order valence-electron chi connectivity index (χ3n) is 3.81. The van der Waals surface area contributed by atoms with Crippen molar-refractivity contribution in [2.75, 3.05) is 5.01 Å². The summed E-state index contributed by atoms with van der Waals surface area (Å²) in [5.74, 6) is 0. The number of hydrazone groups is 1. The molecule has 0 radical (unpaired) electrons. The van der Waals surface area contributed by atoms with Crippen LogP contribution in [-0.2, 0) is 0 Å². The van der Waals surface area contributed by atoms with Gasteiger partial charge in [-0.05, 0) is 47.2 Å². The van der Waals surface area contributed by atoms with E-state index in [4.69, 9.17) is 5.10 Å². The Balaban J connectivity index is 1.64. The fourth-order valence-corrected chi connectivity index (χ4v) is 4.15. The molecule has 0 bridgehead atoms. The van der Waals surface area contributed by atoms with Gasteiger partial charge < -0.3 is 0 Å². The first-order chi connectivity index (χ1) is 11.4. The van der Waals surface area contributed by atoms with Gasteiger partial charge in [0.15, 0.2) is 0 Å². The standard InChI is InChI=1S/C19H16N2S2/c1-2-6-16(7-3-1)21-18(19-9-5-13-23-19)14-15(20-21)10-11-17-8-4-12-22-17/h1-13,18H,14H2/t18-/m0/s1. The molecule has 3 heterocycles. The van der Waals surface area contributed by atoms with E-state index < -0.39 is 0 Å². The minimum atomic E-state index is 0.292. The number of thiophene rings is 2. The molecular weight excluding hydrogens is 320 g/mol. The number of rotatable bonds is 4. The molecule has 1 aliphatic heterocycles. The van der Waals surface area contributed by atoms with Crippen molar-refractivity contribution in [3.63, 3.8) is 0 Å². The third-order valence-corrected chi connectivity index (χ3v) is 5.62. The molecule has 2 aromatic heterocycles. The Morgan fingerprint density at radius 2 is 1.74 bits per heavy atom. The van der Waals surface area contributed by atoms with Crippen LogP contribution in [0.25, 0.3) is 6.08 Å². The molecule has 0 saturated carbocycles. The summed E-state index contributed by atoms with van der Waals surface area (Å²) in [6.07, 6.45) is 5.25. The number of hydrogen-bond acceptors (Lipinski definition) is 4. The second-order valence-electron chi connectivity index (χ2n) is 5.36. The number of anilines is 1. The molecule has 23 heavy (non-hydrogen) atoms. The molecule has 0 aliphatic carbocycles. The molecule has 114 valence electrons. The van der Waals surface area contributed by atoms with Gasteiger partial charge in [-0.25, -0.2) is 0 Å². The number of allylic oxidation sites excluding steroid dienone is 1.